The zero-order valence-corrected chi connectivity index (χ0v) is 10.6. The Kier molecular flexibility index (Phi) is 3.78. The Morgan fingerprint density at radius 1 is 1.47 bits per heavy atom. The van der Waals surface area contributed by atoms with Crippen molar-refractivity contribution in [2.75, 3.05) is 31.7 Å². The van der Waals surface area contributed by atoms with E-state index in [2.05, 4.69) is 34.3 Å². The van der Waals surface area contributed by atoms with Crippen molar-refractivity contribution in [2.24, 2.45) is 5.92 Å². The Hall–Kier alpha value is -1.36. The molecule has 94 valence electrons. The van der Waals surface area contributed by atoms with E-state index < -0.39 is 0 Å². The Balaban J connectivity index is 1.85. The van der Waals surface area contributed by atoms with E-state index in [1.54, 1.807) is 6.07 Å². The highest BCUT2D eigenvalue weighted by molar-refractivity contribution is 5.43. The molecule has 1 aromatic heterocycles. The molecular weight excluding hydrogens is 214 g/mol. The van der Waals surface area contributed by atoms with Crippen LogP contribution < -0.4 is 11.1 Å². The number of nitrogen functional groups attached to an aromatic ring is 1. The first-order valence-corrected chi connectivity index (χ1v) is 6.13. The summed E-state index contributed by atoms with van der Waals surface area (Å²) in [5.41, 5.74) is 5.61. The number of rotatable bonds is 6. The van der Waals surface area contributed by atoms with Gasteiger partial charge in [-0.25, -0.2) is 9.97 Å². The molecule has 0 saturated heterocycles. The van der Waals surface area contributed by atoms with Gasteiger partial charge < -0.3 is 16.0 Å². The van der Waals surface area contributed by atoms with Crippen molar-refractivity contribution >= 4 is 11.6 Å². The SMILES string of the molecule is CN(C)C(CNc1cc(N)ncn1)CC1CC1. The third-order valence-corrected chi connectivity index (χ3v) is 3.24. The summed E-state index contributed by atoms with van der Waals surface area (Å²) in [6.07, 6.45) is 5.54. The molecule has 0 aliphatic heterocycles. The quantitative estimate of drug-likeness (QED) is 0.775. The maximum atomic E-state index is 5.61. The van der Waals surface area contributed by atoms with Gasteiger partial charge in [0, 0.05) is 18.7 Å². The van der Waals surface area contributed by atoms with Crippen molar-refractivity contribution in [1.82, 2.24) is 14.9 Å². The molecule has 0 amide bonds. The standard InChI is InChI=1S/C12H21N5/c1-17(2)10(5-9-3-4-9)7-14-12-6-11(13)15-8-16-12/h6,8-10H,3-5,7H2,1-2H3,(H3,13,14,15,16). The minimum Gasteiger partial charge on any atom is -0.384 e. The van der Waals surface area contributed by atoms with Gasteiger partial charge in [0.15, 0.2) is 0 Å². The number of nitrogens with two attached hydrogens (primary N) is 1. The smallest absolute Gasteiger partial charge is 0.131 e. The van der Waals surface area contributed by atoms with Crippen molar-refractivity contribution in [3.63, 3.8) is 0 Å². The summed E-state index contributed by atoms with van der Waals surface area (Å²) >= 11 is 0. The highest BCUT2D eigenvalue weighted by Gasteiger charge is 2.26. The Morgan fingerprint density at radius 3 is 2.82 bits per heavy atom. The number of anilines is 2. The molecule has 3 N–H and O–H groups in total. The van der Waals surface area contributed by atoms with Crippen molar-refractivity contribution in [3.05, 3.63) is 12.4 Å². The van der Waals surface area contributed by atoms with Crippen LogP contribution in [0.25, 0.3) is 0 Å². The number of hydrogen-bond acceptors (Lipinski definition) is 5. The van der Waals surface area contributed by atoms with E-state index in [0.29, 0.717) is 11.9 Å². The highest BCUT2D eigenvalue weighted by atomic mass is 15.1. The fourth-order valence-electron chi connectivity index (χ4n) is 1.91. The van der Waals surface area contributed by atoms with Gasteiger partial charge in [0.1, 0.15) is 18.0 Å². The topological polar surface area (TPSA) is 67.1 Å². The molecule has 0 radical (unpaired) electrons. The fraction of sp³-hybridized carbons (Fsp3) is 0.667. The molecular formula is C12H21N5. The molecule has 5 nitrogen and oxygen atoms in total. The summed E-state index contributed by atoms with van der Waals surface area (Å²) in [6.45, 7) is 0.903. The molecule has 17 heavy (non-hydrogen) atoms. The van der Waals surface area contributed by atoms with Gasteiger partial charge in [-0.05, 0) is 26.4 Å². The molecule has 1 aliphatic carbocycles. The molecule has 1 saturated carbocycles. The number of likely N-dealkylation sites (N-methyl/N-ethyl adjacent to an activating group) is 1. The highest BCUT2D eigenvalue weighted by Crippen LogP contribution is 2.34. The van der Waals surface area contributed by atoms with Gasteiger partial charge in [-0.15, -0.1) is 0 Å². The monoisotopic (exact) mass is 235 g/mol. The number of nitrogens with one attached hydrogen (secondary N) is 1. The van der Waals surface area contributed by atoms with E-state index in [9.17, 15) is 0 Å². The van der Waals surface area contributed by atoms with Gasteiger partial charge in [0.05, 0.1) is 0 Å². The second-order valence-electron chi connectivity index (χ2n) is 5.01. The van der Waals surface area contributed by atoms with Crippen LogP contribution in [0.15, 0.2) is 12.4 Å². The van der Waals surface area contributed by atoms with Crippen LogP contribution in [0.1, 0.15) is 19.3 Å². The lowest BCUT2D eigenvalue weighted by Gasteiger charge is -2.24. The molecule has 0 spiro atoms. The second kappa shape index (κ2) is 5.31. The Bertz CT molecular complexity index is 362. The van der Waals surface area contributed by atoms with Gasteiger partial charge in [0.25, 0.3) is 0 Å². The van der Waals surface area contributed by atoms with Crippen LogP contribution >= 0.6 is 0 Å². The third kappa shape index (κ3) is 3.85. The first-order valence-electron chi connectivity index (χ1n) is 6.13. The average Bonchev–Trinajstić information content (AvgIpc) is 3.07. The third-order valence-electron chi connectivity index (χ3n) is 3.24. The minimum atomic E-state index is 0.506. The molecule has 0 aromatic carbocycles. The van der Waals surface area contributed by atoms with Crippen LogP contribution in [0, 0.1) is 5.92 Å². The molecule has 1 aromatic rings. The van der Waals surface area contributed by atoms with Crippen LogP contribution in [-0.4, -0.2) is 41.5 Å². The normalized spacial score (nSPS) is 17.1. The lowest BCUT2D eigenvalue weighted by Crippen LogP contribution is -2.35. The predicted molar refractivity (Wildman–Crippen MR) is 69.8 cm³/mol. The largest absolute Gasteiger partial charge is 0.384 e. The minimum absolute atomic E-state index is 0.506. The molecule has 1 unspecified atom stereocenters. The maximum absolute atomic E-state index is 5.61. The van der Waals surface area contributed by atoms with Crippen LogP contribution in [0.5, 0.6) is 0 Å². The van der Waals surface area contributed by atoms with E-state index in [4.69, 9.17) is 5.73 Å². The zero-order valence-electron chi connectivity index (χ0n) is 10.6. The maximum Gasteiger partial charge on any atom is 0.131 e. The summed E-state index contributed by atoms with van der Waals surface area (Å²) in [7, 11) is 4.26. The van der Waals surface area contributed by atoms with E-state index in [1.165, 1.54) is 25.6 Å². The Labute approximate surface area is 102 Å². The van der Waals surface area contributed by atoms with Crippen molar-refractivity contribution in [2.45, 2.75) is 25.3 Å². The van der Waals surface area contributed by atoms with Gasteiger partial charge in [0.2, 0.25) is 0 Å². The van der Waals surface area contributed by atoms with Crippen LogP contribution in [-0.2, 0) is 0 Å². The van der Waals surface area contributed by atoms with Crippen LogP contribution in [0.3, 0.4) is 0 Å². The molecule has 2 rings (SSSR count). The fourth-order valence-corrected chi connectivity index (χ4v) is 1.91. The summed E-state index contributed by atoms with van der Waals surface area (Å²) in [5, 5.41) is 3.33. The summed E-state index contributed by atoms with van der Waals surface area (Å²) in [6, 6.07) is 2.32. The van der Waals surface area contributed by atoms with Gasteiger partial charge in [-0.2, -0.15) is 0 Å². The zero-order chi connectivity index (χ0) is 12.3. The van der Waals surface area contributed by atoms with Crippen molar-refractivity contribution in [3.8, 4) is 0 Å². The van der Waals surface area contributed by atoms with Crippen LogP contribution in [0.4, 0.5) is 11.6 Å². The molecule has 1 heterocycles. The van der Waals surface area contributed by atoms with Crippen molar-refractivity contribution < 1.29 is 0 Å². The molecule has 0 bridgehead atoms. The van der Waals surface area contributed by atoms with Gasteiger partial charge in [-0.3, -0.25) is 0 Å². The summed E-state index contributed by atoms with van der Waals surface area (Å²) < 4.78 is 0. The van der Waals surface area contributed by atoms with Gasteiger partial charge in [-0.1, -0.05) is 12.8 Å². The molecule has 1 atom stereocenters. The van der Waals surface area contributed by atoms with E-state index in [-0.39, 0.29) is 0 Å². The predicted octanol–water partition coefficient (Wildman–Crippen LogP) is 1.20. The van der Waals surface area contributed by atoms with Crippen LogP contribution in [0.2, 0.25) is 0 Å². The van der Waals surface area contributed by atoms with E-state index in [0.717, 1.165) is 18.3 Å². The lowest BCUT2D eigenvalue weighted by molar-refractivity contribution is 0.280. The van der Waals surface area contributed by atoms with Gasteiger partial charge >= 0.3 is 0 Å². The van der Waals surface area contributed by atoms with E-state index >= 15 is 0 Å². The average molecular weight is 235 g/mol. The molecule has 1 fully saturated rings. The Morgan fingerprint density at radius 2 is 2.24 bits per heavy atom. The second-order valence-corrected chi connectivity index (χ2v) is 5.01. The van der Waals surface area contributed by atoms with Crippen molar-refractivity contribution in [1.29, 1.82) is 0 Å². The molecule has 5 heteroatoms. The summed E-state index contributed by atoms with van der Waals surface area (Å²) in [4.78, 5) is 10.3. The first kappa shape index (κ1) is 12.1. The number of aromatic nitrogens is 2. The van der Waals surface area contributed by atoms with E-state index in [1.807, 2.05) is 0 Å². The number of hydrogen-bond donors (Lipinski definition) is 2. The lowest BCUT2D eigenvalue weighted by atomic mass is 10.1. The summed E-state index contributed by atoms with van der Waals surface area (Å²) in [5.74, 6) is 2.24. The molecule has 1 aliphatic rings. The number of nitrogens with zero attached hydrogens (tertiary/aromatic N) is 3. The first-order chi connectivity index (χ1) is 8.15.